The molecule has 0 aromatic heterocycles. The summed E-state index contributed by atoms with van der Waals surface area (Å²) in [6, 6.07) is 0. The molecule has 1 fully saturated rings. The number of rotatable bonds is 2. The minimum absolute atomic E-state index is 0.00727. The highest BCUT2D eigenvalue weighted by Gasteiger charge is 2.41. The Labute approximate surface area is 64.9 Å². The van der Waals surface area contributed by atoms with Crippen molar-refractivity contribution in [2.75, 3.05) is 19.8 Å². The van der Waals surface area contributed by atoms with Crippen molar-refractivity contribution in [2.45, 2.75) is 13.3 Å². The van der Waals surface area contributed by atoms with Crippen LogP contribution in [0.4, 0.5) is 0 Å². The molecule has 0 radical (unpaired) electrons. The maximum absolute atomic E-state index is 10.8. The van der Waals surface area contributed by atoms with Crippen LogP contribution >= 0.6 is 0 Å². The second-order valence-electron chi connectivity index (χ2n) is 2.91. The molecule has 0 aliphatic carbocycles. The lowest BCUT2D eigenvalue weighted by molar-refractivity contribution is -1.10. The lowest BCUT2D eigenvalue weighted by Gasteiger charge is -2.21. The molecule has 5 heteroatoms. The van der Waals surface area contributed by atoms with Gasteiger partial charge >= 0.3 is 5.91 Å². The van der Waals surface area contributed by atoms with Crippen LogP contribution in [0.3, 0.4) is 0 Å². The minimum atomic E-state index is -0.416. The van der Waals surface area contributed by atoms with E-state index in [1.165, 1.54) is 0 Å². The summed E-state index contributed by atoms with van der Waals surface area (Å²) in [5, 5.41) is 19.0. The molecule has 1 atom stereocenters. The highest BCUT2D eigenvalue weighted by molar-refractivity contribution is 5.77. The molecule has 1 heterocycles. The molecule has 1 aliphatic rings. The first kappa shape index (κ1) is 8.45. The van der Waals surface area contributed by atoms with Gasteiger partial charge in [0.05, 0.1) is 0 Å². The summed E-state index contributed by atoms with van der Waals surface area (Å²) in [6.07, 6.45) is 0.789. The molecule has 0 bridgehead atoms. The van der Waals surface area contributed by atoms with Gasteiger partial charge in [0, 0.05) is 0 Å². The Hall–Kier alpha value is -0.650. The third kappa shape index (κ3) is 1.68. The average molecular weight is 161 g/mol. The van der Waals surface area contributed by atoms with Crippen LogP contribution in [-0.2, 0) is 4.79 Å². The van der Waals surface area contributed by atoms with Crippen LogP contribution in [0.2, 0.25) is 0 Å². The zero-order valence-electron chi connectivity index (χ0n) is 6.53. The third-order valence-electron chi connectivity index (χ3n) is 1.75. The lowest BCUT2D eigenvalue weighted by atomic mass is 10.4. The van der Waals surface area contributed by atoms with Crippen molar-refractivity contribution in [3.8, 4) is 0 Å². The molecule has 1 rings (SSSR count). The summed E-state index contributed by atoms with van der Waals surface area (Å²) in [6.45, 7) is 2.40. The molecule has 0 saturated carbocycles. The number of nitrogens with zero attached hydrogens (tertiary/aromatic N) is 2. The predicted octanol–water partition coefficient (Wildman–Crippen LogP) is -0.209. The van der Waals surface area contributed by atoms with Gasteiger partial charge in [0.25, 0.3) is 0 Å². The van der Waals surface area contributed by atoms with Gasteiger partial charge in [-0.3, -0.25) is 10.0 Å². The van der Waals surface area contributed by atoms with Crippen molar-refractivity contribution in [3.63, 3.8) is 0 Å². The highest BCUT2D eigenvalue weighted by Crippen LogP contribution is 2.12. The topological polar surface area (TPSA) is 60.8 Å². The Morgan fingerprint density at radius 3 is 2.73 bits per heavy atom. The number of quaternary nitrogens is 1. The molecule has 0 aromatic rings. The predicted molar refractivity (Wildman–Crippen MR) is 35.6 cm³/mol. The zero-order chi connectivity index (χ0) is 8.48. The molecule has 64 valence electrons. The van der Waals surface area contributed by atoms with E-state index in [0.717, 1.165) is 6.42 Å². The summed E-state index contributed by atoms with van der Waals surface area (Å²) < 4.78 is -0.355. The SMILES string of the molecule is CCC[N+]1(O)CC(=O)N(O)C1. The van der Waals surface area contributed by atoms with Crippen LogP contribution in [0.5, 0.6) is 0 Å². The Morgan fingerprint density at radius 1 is 1.73 bits per heavy atom. The first-order valence-electron chi connectivity index (χ1n) is 3.65. The van der Waals surface area contributed by atoms with Gasteiger partial charge in [-0.15, -0.1) is 0 Å². The van der Waals surface area contributed by atoms with Crippen molar-refractivity contribution in [3.05, 3.63) is 0 Å². The van der Waals surface area contributed by atoms with Crippen LogP contribution < -0.4 is 0 Å². The summed E-state index contributed by atoms with van der Waals surface area (Å²) >= 11 is 0. The van der Waals surface area contributed by atoms with Crippen LogP contribution in [-0.4, -0.2) is 45.8 Å². The summed E-state index contributed by atoms with van der Waals surface area (Å²) in [4.78, 5) is 10.8. The van der Waals surface area contributed by atoms with Crippen molar-refractivity contribution in [2.24, 2.45) is 0 Å². The van der Waals surface area contributed by atoms with E-state index >= 15 is 0 Å². The van der Waals surface area contributed by atoms with Crippen molar-refractivity contribution in [1.29, 1.82) is 0 Å². The maximum Gasteiger partial charge on any atom is 0.309 e. The van der Waals surface area contributed by atoms with Gasteiger partial charge in [-0.25, -0.2) is 5.21 Å². The van der Waals surface area contributed by atoms with E-state index in [-0.39, 0.29) is 17.9 Å². The molecule has 0 aromatic carbocycles. The van der Waals surface area contributed by atoms with E-state index in [4.69, 9.17) is 5.21 Å². The van der Waals surface area contributed by atoms with Crippen molar-refractivity contribution in [1.82, 2.24) is 5.06 Å². The van der Waals surface area contributed by atoms with E-state index in [1.54, 1.807) is 0 Å². The molecule has 1 amide bonds. The first-order valence-corrected chi connectivity index (χ1v) is 3.65. The number of hydrogen-bond donors (Lipinski definition) is 2. The summed E-state index contributed by atoms with van der Waals surface area (Å²) in [5.41, 5.74) is 0. The molecule has 5 nitrogen and oxygen atoms in total. The Kier molecular flexibility index (Phi) is 2.12. The van der Waals surface area contributed by atoms with Crippen LogP contribution in [0.25, 0.3) is 0 Å². The fraction of sp³-hybridized carbons (Fsp3) is 0.833. The summed E-state index contributed by atoms with van der Waals surface area (Å²) in [7, 11) is 0. The number of hydrogen-bond acceptors (Lipinski definition) is 3. The van der Waals surface area contributed by atoms with Crippen LogP contribution in [0.1, 0.15) is 13.3 Å². The van der Waals surface area contributed by atoms with Crippen molar-refractivity contribution >= 4 is 5.91 Å². The zero-order valence-corrected chi connectivity index (χ0v) is 6.53. The monoisotopic (exact) mass is 161 g/mol. The van der Waals surface area contributed by atoms with E-state index in [0.29, 0.717) is 11.6 Å². The van der Waals surface area contributed by atoms with Gasteiger partial charge < -0.3 is 0 Å². The Balaban J connectivity index is 2.56. The smallest absolute Gasteiger partial charge is 0.281 e. The molecule has 2 N–H and O–H groups in total. The number of hydroxylamine groups is 5. The van der Waals surface area contributed by atoms with Crippen LogP contribution in [0, 0.1) is 0 Å². The largest absolute Gasteiger partial charge is 0.309 e. The van der Waals surface area contributed by atoms with E-state index < -0.39 is 5.91 Å². The van der Waals surface area contributed by atoms with Gasteiger partial charge in [-0.2, -0.15) is 9.71 Å². The third-order valence-corrected chi connectivity index (χ3v) is 1.75. The number of carbonyl (C=O) groups is 1. The molecule has 1 unspecified atom stereocenters. The fourth-order valence-corrected chi connectivity index (χ4v) is 1.28. The van der Waals surface area contributed by atoms with Crippen molar-refractivity contribution < 1.29 is 19.9 Å². The highest BCUT2D eigenvalue weighted by atomic mass is 16.6. The Morgan fingerprint density at radius 2 is 2.36 bits per heavy atom. The standard InChI is InChI=1S/C6H13N2O3/c1-2-3-8(11)4-6(9)7(10)5-8/h10-11H,2-5H2,1H3/q+1. The maximum atomic E-state index is 10.8. The molecule has 1 saturated heterocycles. The van der Waals surface area contributed by atoms with Gasteiger partial charge in [0.15, 0.2) is 6.54 Å². The quantitative estimate of drug-likeness (QED) is 0.435. The molecule has 0 spiro atoms. The van der Waals surface area contributed by atoms with Gasteiger partial charge in [0.2, 0.25) is 6.67 Å². The van der Waals surface area contributed by atoms with Gasteiger partial charge in [0.1, 0.15) is 6.54 Å². The lowest BCUT2D eigenvalue weighted by Crippen LogP contribution is -2.44. The fourth-order valence-electron chi connectivity index (χ4n) is 1.28. The normalized spacial score (nSPS) is 31.5. The number of amides is 1. The van der Waals surface area contributed by atoms with E-state index in [9.17, 15) is 10.0 Å². The van der Waals surface area contributed by atoms with E-state index in [1.807, 2.05) is 6.92 Å². The first-order chi connectivity index (χ1) is 5.07. The van der Waals surface area contributed by atoms with Gasteiger partial charge in [-0.1, -0.05) is 6.92 Å². The second kappa shape index (κ2) is 2.77. The average Bonchev–Trinajstić information content (AvgIpc) is 2.08. The van der Waals surface area contributed by atoms with E-state index in [2.05, 4.69) is 0 Å². The number of carbonyl (C=O) groups excluding carboxylic acids is 1. The minimum Gasteiger partial charge on any atom is -0.281 e. The molecular formula is C6H13N2O3+. The Bertz CT molecular complexity index is 173. The molecule has 1 aliphatic heterocycles. The van der Waals surface area contributed by atoms with Crippen LogP contribution in [0.15, 0.2) is 0 Å². The summed E-state index contributed by atoms with van der Waals surface area (Å²) in [5.74, 6) is -0.416. The molecular weight excluding hydrogens is 148 g/mol. The second-order valence-corrected chi connectivity index (χ2v) is 2.91. The van der Waals surface area contributed by atoms with Gasteiger partial charge in [-0.05, 0) is 6.42 Å². The molecule has 11 heavy (non-hydrogen) atoms.